The minimum Gasteiger partial charge on any atom is -0.489 e. The molecule has 0 aliphatic rings. The average Bonchev–Trinajstić information content (AvgIpc) is 2.81. The minimum atomic E-state index is -0.865. The van der Waals surface area contributed by atoms with Crippen molar-refractivity contribution in [2.75, 3.05) is 13.2 Å². The Morgan fingerprint density at radius 2 is 1.39 bits per heavy atom. The van der Waals surface area contributed by atoms with E-state index in [2.05, 4.69) is 5.32 Å². The van der Waals surface area contributed by atoms with Gasteiger partial charge in [0.25, 0.3) is 0 Å². The number of nitrogens with one attached hydrogen (secondary N) is 1. The number of aliphatic hydroxyl groups is 2. The van der Waals surface area contributed by atoms with Crippen LogP contribution in [0.15, 0.2) is 66.7 Å². The van der Waals surface area contributed by atoms with E-state index in [0.717, 1.165) is 11.1 Å². The number of aliphatic hydroxyl groups excluding tert-OH is 2. The summed E-state index contributed by atoms with van der Waals surface area (Å²) in [4.78, 5) is 0. The topological polar surface area (TPSA) is 80.2 Å². The van der Waals surface area contributed by atoms with Crippen LogP contribution in [0.4, 0.5) is 8.78 Å². The second kappa shape index (κ2) is 12.2. The molecule has 0 aromatic heterocycles. The molecule has 0 fully saturated rings. The Morgan fingerprint density at radius 3 is 1.94 bits per heavy atom. The van der Waals surface area contributed by atoms with Gasteiger partial charge in [-0.1, -0.05) is 24.3 Å². The molecule has 0 heterocycles. The first-order valence-corrected chi connectivity index (χ1v) is 10.5. The zero-order valence-corrected chi connectivity index (χ0v) is 18.2. The van der Waals surface area contributed by atoms with Crippen LogP contribution in [0.5, 0.6) is 17.2 Å². The molecule has 176 valence electrons. The number of hydrogen-bond acceptors (Lipinski definition) is 6. The van der Waals surface area contributed by atoms with E-state index in [4.69, 9.17) is 19.3 Å². The van der Waals surface area contributed by atoms with Crippen molar-refractivity contribution in [2.24, 2.45) is 0 Å². The molecule has 0 aliphatic heterocycles. The van der Waals surface area contributed by atoms with Gasteiger partial charge in [0.2, 0.25) is 0 Å². The molecular weight excluding hydrogens is 432 g/mol. The lowest BCUT2D eigenvalue weighted by Gasteiger charge is -2.24. The summed E-state index contributed by atoms with van der Waals surface area (Å²) in [5, 5.41) is 22.0. The van der Waals surface area contributed by atoms with Gasteiger partial charge in [-0.05, 0) is 54.4 Å². The van der Waals surface area contributed by atoms with Crippen LogP contribution in [-0.2, 0) is 13.2 Å². The number of rotatable bonds is 12. The largest absolute Gasteiger partial charge is 0.489 e. The second-order valence-electron chi connectivity index (χ2n) is 7.40. The number of halogens is 2. The van der Waals surface area contributed by atoms with Crippen molar-refractivity contribution in [1.29, 1.82) is 0 Å². The molecule has 6 nitrogen and oxygen atoms in total. The van der Waals surface area contributed by atoms with Gasteiger partial charge < -0.3 is 24.4 Å². The van der Waals surface area contributed by atoms with E-state index in [-0.39, 0.29) is 38.0 Å². The van der Waals surface area contributed by atoms with Crippen LogP contribution in [0.2, 0.25) is 0 Å². The highest BCUT2D eigenvalue weighted by atomic mass is 19.1. The van der Waals surface area contributed by atoms with Crippen LogP contribution >= 0.6 is 0 Å². The van der Waals surface area contributed by atoms with Crippen LogP contribution in [0.25, 0.3) is 0 Å². The van der Waals surface area contributed by atoms with Gasteiger partial charge in [-0.3, -0.25) is 5.32 Å². The molecule has 3 aromatic carbocycles. The predicted molar refractivity (Wildman–Crippen MR) is 119 cm³/mol. The summed E-state index contributed by atoms with van der Waals surface area (Å²) in [6, 6.07) is 16.9. The lowest BCUT2D eigenvalue weighted by Crippen LogP contribution is -2.44. The Hall–Kier alpha value is -3.20. The van der Waals surface area contributed by atoms with E-state index >= 15 is 0 Å². The number of benzene rings is 3. The Kier molecular flexibility index (Phi) is 9.00. The van der Waals surface area contributed by atoms with Crippen molar-refractivity contribution < 1.29 is 33.2 Å². The lowest BCUT2D eigenvalue weighted by atomic mass is 10.2. The van der Waals surface area contributed by atoms with Gasteiger partial charge in [-0.2, -0.15) is 0 Å². The Balaban J connectivity index is 1.77. The lowest BCUT2D eigenvalue weighted by molar-refractivity contribution is 0.0224. The van der Waals surface area contributed by atoms with Gasteiger partial charge in [0.05, 0.1) is 6.61 Å². The molecule has 33 heavy (non-hydrogen) atoms. The van der Waals surface area contributed by atoms with Crippen molar-refractivity contribution in [3.63, 3.8) is 0 Å². The van der Waals surface area contributed by atoms with E-state index in [9.17, 15) is 13.9 Å². The van der Waals surface area contributed by atoms with Crippen LogP contribution in [0.1, 0.15) is 18.1 Å². The average molecular weight is 459 g/mol. The second-order valence-corrected chi connectivity index (χ2v) is 7.40. The van der Waals surface area contributed by atoms with E-state index in [0.29, 0.717) is 17.2 Å². The van der Waals surface area contributed by atoms with Crippen molar-refractivity contribution in [2.45, 2.75) is 32.5 Å². The van der Waals surface area contributed by atoms with Crippen LogP contribution in [0, 0.1) is 11.6 Å². The summed E-state index contributed by atoms with van der Waals surface area (Å²) in [6.07, 6.45) is -1.65. The van der Waals surface area contributed by atoms with Crippen molar-refractivity contribution in [3.05, 3.63) is 89.5 Å². The summed E-state index contributed by atoms with van der Waals surface area (Å²) >= 11 is 0. The predicted octanol–water partition coefficient (Wildman–Crippen LogP) is 3.79. The highest BCUT2D eigenvalue weighted by molar-refractivity contribution is 5.46. The number of ether oxygens (including phenoxy) is 3. The summed E-state index contributed by atoms with van der Waals surface area (Å²) < 4.78 is 43.9. The fraction of sp³-hybridized carbons (Fsp3) is 0.280. The van der Waals surface area contributed by atoms with Gasteiger partial charge in [-0.25, -0.2) is 8.78 Å². The normalized spacial score (nSPS) is 12.8. The molecule has 0 aliphatic carbocycles. The molecule has 0 radical (unpaired) electrons. The highest BCUT2D eigenvalue weighted by Gasteiger charge is 2.19. The molecule has 0 saturated heterocycles. The Bertz CT molecular complexity index is 997. The van der Waals surface area contributed by atoms with E-state index in [1.807, 2.05) is 0 Å². The molecule has 0 spiro atoms. The van der Waals surface area contributed by atoms with Crippen LogP contribution in [0.3, 0.4) is 0 Å². The summed E-state index contributed by atoms with van der Waals surface area (Å²) in [6.45, 7) is 2.07. The molecule has 0 bridgehead atoms. The molecule has 3 N–H and O–H groups in total. The fourth-order valence-corrected chi connectivity index (χ4v) is 2.93. The minimum absolute atomic E-state index is 0.114. The van der Waals surface area contributed by atoms with Crippen molar-refractivity contribution >= 4 is 0 Å². The molecule has 3 aromatic rings. The SMILES string of the molecule is CC(O)C(NCCO)Oc1ccc(OCc2ccc(F)cc2)cc1OCc1ccc(F)cc1. The molecule has 0 amide bonds. The monoisotopic (exact) mass is 459 g/mol. The van der Waals surface area contributed by atoms with Crippen molar-refractivity contribution in [3.8, 4) is 17.2 Å². The van der Waals surface area contributed by atoms with E-state index in [1.54, 1.807) is 49.4 Å². The summed E-state index contributed by atoms with van der Waals surface area (Å²) in [5.41, 5.74) is 1.55. The first-order valence-electron chi connectivity index (χ1n) is 10.5. The van der Waals surface area contributed by atoms with Crippen molar-refractivity contribution in [1.82, 2.24) is 5.32 Å². The maximum atomic E-state index is 13.2. The van der Waals surface area contributed by atoms with Gasteiger partial charge in [0.15, 0.2) is 17.7 Å². The third kappa shape index (κ3) is 7.71. The number of hydrogen-bond donors (Lipinski definition) is 3. The molecule has 3 rings (SSSR count). The third-order valence-corrected chi connectivity index (χ3v) is 4.69. The Labute approximate surface area is 191 Å². The van der Waals surface area contributed by atoms with Crippen LogP contribution < -0.4 is 19.5 Å². The van der Waals surface area contributed by atoms with E-state index < -0.39 is 12.3 Å². The highest BCUT2D eigenvalue weighted by Crippen LogP contribution is 2.33. The molecule has 8 heteroatoms. The maximum absolute atomic E-state index is 13.2. The summed E-state index contributed by atoms with van der Waals surface area (Å²) in [7, 11) is 0. The van der Waals surface area contributed by atoms with Gasteiger partial charge in [0.1, 0.15) is 36.7 Å². The standard InChI is InChI=1S/C25H27F2NO5/c1-17(30)25(28-12-13-29)33-23-11-10-22(31-15-18-2-6-20(26)7-3-18)14-24(23)32-16-19-4-8-21(27)9-5-19/h2-11,14,17,25,28-30H,12-13,15-16H2,1H3. The first kappa shape index (κ1) is 24.4. The van der Waals surface area contributed by atoms with Gasteiger partial charge >= 0.3 is 0 Å². The molecule has 2 atom stereocenters. The molecule has 0 saturated carbocycles. The van der Waals surface area contributed by atoms with Crippen LogP contribution in [-0.4, -0.2) is 35.7 Å². The maximum Gasteiger partial charge on any atom is 0.176 e. The van der Waals surface area contributed by atoms with Gasteiger partial charge in [0, 0.05) is 12.6 Å². The quantitative estimate of drug-likeness (QED) is 0.358. The zero-order valence-electron chi connectivity index (χ0n) is 18.2. The molecule has 2 unspecified atom stereocenters. The summed E-state index contributed by atoms with van der Waals surface area (Å²) in [5.74, 6) is 0.542. The fourth-order valence-electron chi connectivity index (χ4n) is 2.93. The zero-order chi connectivity index (χ0) is 23.6. The molecular formula is C25H27F2NO5. The smallest absolute Gasteiger partial charge is 0.176 e. The van der Waals surface area contributed by atoms with E-state index in [1.165, 1.54) is 24.3 Å². The third-order valence-electron chi connectivity index (χ3n) is 4.69. The van der Waals surface area contributed by atoms with Gasteiger partial charge in [-0.15, -0.1) is 0 Å². The Morgan fingerprint density at radius 1 is 0.818 bits per heavy atom. The first-order chi connectivity index (χ1) is 15.9.